The molecule has 0 unspecified atom stereocenters. The van der Waals surface area contributed by atoms with Gasteiger partial charge in [-0.05, 0) is 31.2 Å². The largest absolute Gasteiger partial charge is 0.496 e. The van der Waals surface area contributed by atoms with Crippen molar-refractivity contribution in [1.82, 2.24) is 10.2 Å². The zero-order chi connectivity index (χ0) is 15.1. The molecule has 1 N–H and O–H groups in total. The molecule has 0 saturated carbocycles. The van der Waals surface area contributed by atoms with Gasteiger partial charge in [-0.15, -0.1) is 0 Å². The van der Waals surface area contributed by atoms with Crippen LogP contribution in [0.2, 0.25) is 0 Å². The molecule has 116 valence electrons. The molecule has 0 aromatic heterocycles. The minimum Gasteiger partial charge on any atom is -0.496 e. The summed E-state index contributed by atoms with van der Waals surface area (Å²) in [5, 5.41) is 2.80. The first kappa shape index (κ1) is 15.7. The van der Waals surface area contributed by atoms with E-state index in [-0.39, 0.29) is 11.5 Å². The Hall–Kier alpha value is -1.66. The highest BCUT2D eigenvalue weighted by molar-refractivity contribution is 5.96. The number of rotatable bonds is 6. The summed E-state index contributed by atoms with van der Waals surface area (Å²) in [7, 11) is 1.46. The van der Waals surface area contributed by atoms with Crippen molar-refractivity contribution >= 4 is 5.91 Å². The molecule has 0 spiro atoms. The SMILES string of the molecule is COc1ccc(F)cc1C(=O)NCCCN1CCOCC1. The number of carbonyl (C=O) groups is 1. The highest BCUT2D eigenvalue weighted by atomic mass is 19.1. The number of benzene rings is 1. The third-order valence-electron chi connectivity index (χ3n) is 3.45. The molecule has 21 heavy (non-hydrogen) atoms. The van der Waals surface area contributed by atoms with E-state index in [1.165, 1.54) is 25.3 Å². The van der Waals surface area contributed by atoms with E-state index < -0.39 is 5.82 Å². The van der Waals surface area contributed by atoms with Gasteiger partial charge in [-0.2, -0.15) is 0 Å². The van der Waals surface area contributed by atoms with Crippen molar-refractivity contribution < 1.29 is 18.7 Å². The summed E-state index contributed by atoms with van der Waals surface area (Å²) in [5.74, 6) is -0.385. The molecule has 0 bridgehead atoms. The summed E-state index contributed by atoms with van der Waals surface area (Å²) in [6.07, 6.45) is 0.851. The molecule has 6 heteroatoms. The van der Waals surface area contributed by atoms with Crippen molar-refractivity contribution in [3.8, 4) is 5.75 Å². The Bertz CT molecular complexity index is 476. The first-order chi connectivity index (χ1) is 10.2. The van der Waals surface area contributed by atoms with Gasteiger partial charge in [0.1, 0.15) is 11.6 Å². The first-order valence-corrected chi connectivity index (χ1v) is 7.12. The fourth-order valence-corrected chi connectivity index (χ4v) is 2.28. The number of hydrogen-bond donors (Lipinski definition) is 1. The molecule has 1 aliphatic heterocycles. The van der Waals surface area contributed by atoms with Crippen LogP contribution >= 0.6 is 0 Å². The maximum atomic E-state index is 13.2. The van der Waals surface area contributed by atoms with E-state index in [4.69, 9.17) is 9.47 Å². The normalized spacial score (nSPS) is 15.7. The van der Waals surface area contributed by atoms with Crippen LogP contribution in [0.4, 0.5) is 4.39 Å². The molecule has 1 fully saturated rings. The lowest BCUT2D eigenvalue weighted by atomic mass is 10.2. The zero-order valence-electron chi connectivity index (χ0n) is 12.2. The van der Waals surface area contributed by atoms with Crippen LogP contribution in [0.1, 0.15) is 16.8 Å². The molecule has 0 aliphatic carbocycles. The zero-order valence-corrected chi connectivity index (χ0v) is 12.2. The van der Waals surface area contributed by atoms with Crippen molar-refractivity contribution in [2.75, 3.05) is 46.5 Å². The molecular formula is C15H21FN2O3. The van der Waals surface area contributed by atoms with Crippen molar-refractivity contribution in [2.45, 2.75) is 6.42 Å². The van der Waals surface area contributed by atoms with Gasteiger partial charge < -0.3 is 14.8 Å². The van der Waals surface area contributed by atoms with Crippen LogP contribution < -0.4 is 10.1 Å². The predicted octanol–water partition coefficient (Wildman–Crippen LogP) is 1.29. The second-order valence-electron chi connectivity index (χ2n) is 4.91. The number of halogens is 1. The summed E-state index contributed by atoms with van der Waals surface area (Å²) in [6.45, 7) is 4.89. The molecule has 5 nitrogen and oxygen atoms in total. The van der Waals surface area contributed by atoms with E-state index in [0.717, 1.165) is 39.3 Å². The van der Waals surface area contributed by atoms with Crippen LogP contribution in [0.25, 0.3) is 0 Å². The van der Waals surface area contributed by atoms with E-state index in [9.17, 15) is 9.18 Å². The predicted molar refractivity (Wildman–Crippen MR) is 77.2 cm³/mol. The third-order valence-corrected chi connectivity index (χ3v) is 3.45. The van der Waals surface area contributed by atoms with E-state index in [2.05, 4.69) is 10.2 Å². The summed E-state index contributed by atoms with van der Waals surface area (Å²) in [5.41, 5.74) is 0.226. The molecular weight excluding hydrogens is 275 g/mol. The Morgan fingerprint density at radius 2 is 2.19 bits per heavy atom. The van der Waals surface area contributed by atoms with Gasteiger partial charge in [0, 0.05) is 19.6 Å². The molecule has 1 amide bonds. The number of amides is 1. The molecule has 2 rings (SSSR count). The molecule has 1 aliphatic rings. The quantitative estimate of drug-likeness (QED) is 0.804. The van der Waals surface area contributed by atoms with E-state index in [1.54, 1.807) is 0 Å². The Morgan fingerprint density at radius 1 is 1.43 bits per heavy atom. The number of methoxy groups -OCH3 is 1. The number of hydrogen-bond acceptors (Lipinski definition) is 4. The van der Waals surface area contributed by atoms with Crippen LogP contribution in [0.15, 0.2) is 18.2 Å². The lowest BCUT2D eigenvalue weighted by Gasteiger charge is -2.26. The standard InChI is InChI=1S/C15H21FN2O3/c1-20-14-4-3-12(16)11-13(14)15(19)17-5-2-6-18-7-9-21-10-8-18/h3-4,11H,2,5-10H2,1H3,(H,17,19). The van der Waals surface area contributed by atoms with Gasteiger partial charge in [0.05, 0.1) is 25.9 Å². The lowest BCUT2D eigenvalue weighted by Crippen LogP contribution is -2.38. The number of nitrogens with one attached hydrogen (secondary N) is 1. The minimum atomic E-state index is -0.450. The maximum Gasteiger partial charge on any atom is 0.255 e. The molecule has 1 heterocycles. The van der Waals surface area contributed by atoms with Crippen LogP contribution in [0, 0.1) is 5.82 Å². The van der Waals surface area contributed by atoms with Crippen molar-refractivity contribution in [2.24, 2.45) is 0 Å². The number of carbonyl (C=O) groups excluding carboxylic acids is 1. The molecule has 0 atom stereocenters. The summed E-state index contributed by atoms with van der Waals surface area (Å²) >= 11 is 0. The average molecular weight is 296 g/mol. The van der Waals surface area contributed by atoms with E-state index >= 15 is 0 Å². The number of nitrogens with zero attached hydrogens (tertiary/aromatic N) is 1. The Balaban J connectivity index is 1.77. The average Bonchev–Trinajstić information content (AvgIpc) is 2.52. The Labute approximate surface area is 124 Å². The van der Waals surface area contributed by atoms with Gasteiger partial charge in [0.2, 0.25) is 0 Å². The minimum absolute atomic E-state index is 0.226. The van der Waals surface area contributed by atoms with Crippen molar-refractivity contribution in [3.63, 3.8) is 0 Å². The lowest BCUT2D eigenvalue weighted by molar-refractivity contribution is 0.0374. The third kappa shape index (κ3) is 4.68. The fraction of sp³-hybridized carbons (Fsp3) is 0.533. The van der Waals surface area contributed by atoms with Gasteiger partial charge in [0.15, 0.2) is 0 Å². The number of morpholine rings is 1. The Kier molecular flexibility index (Phi) is 5.95. The molecule has 0 radical (unpaired) electrons. The maximum absolute atomic E-state index is 13.2. The summed E-state index contributed by atoms with van der Waals surface area (Å²) in [6, 6.07) is 3.92. The molecule has 1 aromatic rings. The number of ether oxygens (including phenoxy) is 2. The summed E-state index contributed by atoms with van der Waals surface area (Å²) in [4.78, 5) is 14.3. The fourth-order valence-electron chi connectivity index (χ4n) is 2.28. The van der Waals surface area contributed by atoms with E-state index in [0.29, 0.717) is 12.3 Å². The van der Waals surface area contributed by atoms with Gasteiger partial charge in [0.25, 0.3) is 5.91 Å². The van der Waals surface area contributed by atoms with Crippen LogP contribution in [-0.2, 0) is 4.74 Å². The van der Waals surface area contributed by atoms with Crippen LogP contribution in [0.5, 0.6) is 5.75 Å². The topological polar surface area (TPSA) is 50.8 Å². The van der Waals surface area contributed by atoms with Gasteiger partial charge in [-0.25, -0.2) is 4.39 Å². The Morgan fingerprint density at radius 3 is 2.90 bits per heavy atom. The van der Waals surface area contributed by atoms with Crippen LogP contribution in [-0.4, -0.2) is 57.3 Å². The smallest absolute Gasteiger partial charge is 0.255 e. The highest BCUT2D eigenvalue weighted by Gasteiger charge is 2.13. The van der Waals surface area contributed by atoms with Crippen molar-refractivity contribution in [3.05, 3.63) is 29.6 Å². The highest BCUT2D eigenvalue weighted by Crippen LogP contribution is 2.18. The second kappa shape index (κ2) is 7.95. The van der Waals surface area contributed by atoms with Crippen LogP contribution in [0.3, 0.4) is 0 Å². The monoisotopic (exact) mass is 296 g/mol. The van der Waals surface area contributed by atoms with Crippen molar-refractivity contribution in [1.29, 1.82) is 0 Å². The second-order valence-corrected chi connectivity index (χ2v) is 4.91. The summed E-state index contributed by atoms with van der Waals surface area (Å²) < 4.78 is 23.6. The van der Waals surface area contributed by atoms with Gasteiger partial charge in [-0.1, -0.05) is 0 Å². The molecule has 1 saturated heterocycles. The van der Waals surface area contributed by atoms with E-state index in [1.807, 2.05) is 0 Å². The van der Waals surface area contributed by atoms with Gasteiger partial charge >= 0.3 is 0 Å². The van der Waals surface area contributed by atoms with Gasteiger partial charge in [-0.3, -0.25) is 9.69 Å². The molecule has 1 aromatic carbocycles. The first-order valence-electron chi connectivity index (χ1n) is 7.12.